The normalized spacial score (nSPS) is 13.2. The molecule has 1 heterocycles. The third-order valence-corrected chi connectivity index (χ3v) is 7.31. The Morgan fingerprint density at radius 2 is 1.69 bits per heavy atom. The number of aliphatic hydroxyl groups excluding tert-OH is 2. The van der Waals surface area contributed by atoms with E-state index in [-0.39, 0.29) is 24.5 Å². The standard InChI is InChI=1S/C27H26N4O4S/c28-16-19-6-8-21(9-7-19)27(33)25(32)18-30-12-13-31-36(34,35)26-15-22(20-4-2-1-3-5-20)14-23-17-29-11-10-24(23)26/h1-11,14-15,17,25,27,30-33H,12-13,18H2. The summed E-state index contributed by atoms with van der Waals surface area (Å²) in [6, 6.07) is 23.1. The molecule has 4 aromatic rings. The van der Waals surface area contributed by atoms with Gasteiger partial charge in [0, 0.05) is 42.8 Å². The molecule has 4 rings (SSSR count). The Bertz CT molecular complexity index is 1470. The summed E-state index contributed by atoms with van der Waals surface area (Å²) in [6.07, 6.45) is 0.963. The predicted molar refractivity (Wildman–Crippen MR) is 137 cm³/mol. The van der Waals surface area contributed by atoms with Crippen LogP contribution in [0.5, 0.6) is 0 Å². The molecule has 0 aliphatic heterocycles. The van der Waals surface area contributed by atoms with Gasteiger partial charge in [0.15, 0.2) is 0 Å². The van der Waals surface area contributed by atoms with Crippen molar-refractivity contribution in [1.82, 2.24) is 15.0 Å². The Morgan fingerprint density at radius 3 is 2.42 bits per heavy atom. The average molecular weight is 503 g/mol. The van der Waals surface area contributed by atoms with Crippen LogP contribution in [0.25, 0.3) is 21.9 Å². The number of pyridine rings is 1. The molecule has 2 unspecified atom stereocenters. The molecular formula is C27H26N4O4S. The van der Waals surface area contributed by atoms with Crippen LogP contribution in [0.1, 0.15) is 17.2 Å². The van der Waals surface area contributed by atoms with Crippen molar-refractivity contribution in [2.75, 3.05) is 19.6 Å². The maximum absolute atomic E-state index is 13.2. The minimum atomic E-state index is -3.84. The minimum absolute atomic E-state index is 0.0565. The first kappa shape index (κ1) is 25.4. The number of hydrogen-bond donors (Lipinski definition) is 4. The molecule has 0 saturated carbocycles. The molecule has 9 heteroatoms. The SMILES string of the molecule is N#Cc1ccc(C(O)C(O)CNCCNS(=O)(=O)c2cc(-c3ccccc3)cc3cnccc23)cc1. The van der Waals surface area contributed by atoms with Gasteiger partial charge in [0.1, 0.15) is 6.10 Å². The van der Waals surface area contributed by atoms with Gasteiger partial charge in [-0.05, 0) is 47.0 Å². The molecule has 0 fully saturated rings. The van der Waals surface area contributed by atoms with Gasteiger partial charge in [0.2, 0.25) is 10.0 Å². The minimum Gasteiger partial charge on any atom is -0.389 e. The second-order valence-electron chi connectivity index (χ2n) is 8.29. The van der Waals surface area contributed by atoms with Crippen molar-refractivity contribution in [2.24, 2.45) is 0 Å². The topological polar surface area (TPSA) is 135 Å². The number of nitrogens with zero attached hydrogens (tertiary/aromatic N) is 2. The Hall–Kier alpha value is -3.65. The molecule has 8 nitrogen and oxygen atoms in total. The lowest BCUT2D eigenvalue weighted by molar-refractivity contribution is 0.0193. The lowest BCUT2D eigenvalue weighted by atomic mass is 10.0. The molecule has 3 aromatic carbocycles. The van der Waals surface area contributed by atoms with E-state index in [4.69, 9.17) is 5.26 Å². The van der Waals surface area contributed by atoms with Gasteiger partial charge in [0.05, 0.1) is 22.6 Å². The number of rotatable bonds is 10. The van der Waals surface area contributed by atoms with Gasteiger partial charge in [-0.3, -0.25) is 4.98 Å². The van der Waals surface area contributed by atoms with Gasteiger partial charge in [-0.2, -0.15) is 5.26 Å². The van der Waals surface area contributed by atoms with E-state index in [0.29, 0.717) is 16.5 Å². The first-order valence-electron chi connectivity index (χ1n) is 11.4. The predicted octanol–water partition coefficient (Wildman–Crippen LogP) is 2.74. The van der Waals surface area contributed by atoms with Gasteiger partial charge in [-0.25, -0.2) is 13.1 Å². The summed E-state index contributed by atoms with van der Waals surface area (Å²) in [7, 11) is -3.84. The molecule has 36 heavy (non-hydrogen) atoms. The number of nitrogens with one attached hydrogen (secondary N) is 2. The Balaban J connectivity index is 1.39. The van der Waals surface area contributed by atoms with Crippen molar-refractivity contribution in [3.63, 3.8) is 0 Å². The maximum Gasteiger partial charge on any atom is 0.241 e. The van der Waals surface area contributed by atoms with Gasteiger partial charge < -0.3 is 15.5 Å². The van der Waals surface area contributed by atoms with Crippen molar-refractivity contribution in [3.05, 3.63) is 96.3 Å². The highest BCUT2D eigenvalue weighted by Crippen LogP contribution is 2.30. The van der Waals surface area contributed by atoms with Crippen LogP contribution in [0.4, 0.5) is 0 Å². The highest BCUT2D eigenvalue weighted by atomic mass is 32.2. The molecule has 0 radical (unpaired) electrons. The van der Waals surface area contributed by atoms with E-state index in [2.05, 4.69) is 15.0 Å². The number of benzene rings is 3. The zero-order chi connectivity index (χ0) is 25.5. The number of fused-ring (bicyclic) bond motifs is 1. The van der Waals surface area contributed by atoms with Crippen LogP contribution in [0.15, 0.2) is 90.1 Å². The first-order chi connectivity index (χ1) is 17.4. The molecule has 0 spiro atoms. The van der Waals surface area contributed by atoms with E-state index < -0.39 is 22.2 Å². The van der Waals surface area contributed by atoms with E-state index in [1.807, 2.05) is 42.5 Å². The fourth-order valence-corrected chi connectivity index (χ4v) is 5.17. The fourth-order valence-electron chi connectivity index (χ4n) is 3.88. The number of hydrogen-bond acceptors (Lipinski definition) is 7. The molecule has 184 valence electrons. The first-order valence-corrected chi connectivity index (χ1v) is 12.9. The van der Waals surface area contributed by atoms with Gasteiger partial charge in [0.25, 0.3) is 0 Å². The second-order valence-corrected chi connectivity index (χ2v) is 10.0. The molecule has 1 aromatic heterocycles. The van der Waals surface area contributed by atoms with Crippen molar-refractivity contribution < 1.29 is 18.6 Å². The van der Waals surface area contributed by atoms with E-state index in [0.717, 1.165) is 16.5 Å². The zero-order valence-electron chi connectivity index (χ0n) is 19.4. The quantitative estimate of drug-likeness (QED) is 0.245. The van der Waals surface area contributed by atoms with Crippen LogP contribution < -0.4 is 10.0 Å². The van der Waals surface area contributed by atoms with Crippen LogP contribution >= 0.6 is 0 Å². The average Bonchev–Trinajstić information content (AvgIpc) is 2.92. The summed E-state index contributed by atoms with van der Waals surface area (Å²) in [5.41, 5.74) is 2.62. The van der Waals surface area contributed by atoms with Crippen molar-refractivity contribution in [1.29, 1.82) is 5.26 Å². The van der Waals surface area contributed by atoms with Crippen molar-refractivity contribution in [2.45, 2.75) is 17.1 Å². The lowest BCUT2D eigenvalue weighted by Crippen LogP contribution is -2.37. The highest BCUT2D eigenvalue weighted by molar-refractivity contribution is 7.89. The van der Waals surface area contributed by atoms with Crippen molar-refractivity contribution >= 4 is 20.8 Å². The lowest BCUT2D eigenvalue weighted by Gasteiger charge is -2.19. The molecule has 0 saturated heterocycles. The largest absolute Gasteiger partial charge is 0.389 e. The molecule has 0 amide bonds. The smallest absolute Gasteiger partial charge is 0.241 e. The molecule has 4 N–H and O–H groups in total. The monoisotopic (exact) mass is 502 g/mol. The van der Waals surface area contributed by atoms with Crippen LogP contribution in [0, 0.1) is 11.3 Å². The highest BCUT2D eigenvalue weighted by Gasteiger charge is 2.20. The summed E-state index contributed by atoms with van der Waals surface area (Å²) in [6.45, 7) is 0.388. The second kappa shape index (κ2) is 11.4. The van der Waals surface area contributed by atoms with Crippen LogP contribution in [-0.2, 0) is 10.0 Å². The van der Waals surface area contributed by atoms with Crippen LogP contribution in [-0.4, -0.2) is 49.4 Å². The number of aliphatic hydroxyl groups is 2. The third kappa shape index (κ3) is 5.94. The van der Waals surface area contributed by atoms with Crippen LogP contribution in [0.3, 0.4) is 0 Å². The molecule has 0 bridgehead atoms. The number of sulfonamides is 1. The van der Waals surface area contributed by atoms with Crippen molar-refractivity contribution in [3.8, 4) is 17.2 Å². The summed E-state index contributed by atoms with van der Waals surface area (Å²) in [4.78, 5) is 4.30. The Labute approximate surface area is 209 Å². The maximum atomic E-state index is 13.2. The molecule has 2 atom stereocenters. The van der Waals surface area contributed by atoms with E-state index >= 15 is 0 Å². The van der Waals surface area contributed by atoms with Gasteiger partial charge in [-0.1, -0.05) is 42.5 Å². The molecule has 0 aliphatic carbocycles. The Morgan fingerprint density at radius 1 is 0.944 bits per heavy atom. The zero-order valence-corrected chi connectivity index (χ0v) is 20.2. The van der Waals surface area contributed by atoms with E-state index in [1.165, 1.54) is 0 Å². The fraction of sp³-hybridized carbons (Fsp3) is 0.185. The summed E-state index contributed by atoms with van der Waals surface area (Å²) in [5.74, 6) is 0. The third-order valence-electron chi connectivity index (χ3n) is 5.80. The summed E-state index contributed by atoms with van der Waals surface area (Å²) >= 11 is 0. The number of nitriles is 1. The van der Waals surface area contributed by atoms with Gasteiger partial charge in [-0.15, -0.1) is 0 Å². The number of aromatic nitrogens is 1. The summed E-state index contributed by atoms with van der Waals surface area (Å²) in [5, 5.41) is 33.7. The van der Waals surface area contributed by atoms with Gasteiger partial charge >= 0.3 is 0 Å². The van der Waals surface area contributed by atoms with E-state index in [9.17, 15) is 18.6 Å². The molecule has 0 aliphatic rings. The van der Waals surface area contributed by atoms with Crippen LogP contribution in [0.2, 0.25) is 0 Å². The Kier molecular flexibility index (Phi) is 8.05. The van der Waals surface area contributed by atoms with E-state index in [1.54, 1.807) is 48.8 Å². The molecular weight excluding hydrogens is 476 g/mol. The summed E-state index contributed by atoms with van der Waals surface area (Å²) < 4.78 is 29.0.